The summed E-state index contributed by atoms with van der Waals surface area (Å²) in [5, 5.41) is 16.4. The average molecular weight is 378 g/mol. The number of rotatable bonds is 5. The molecule has 0 radical (unpaired) electrons. The number of nitrogens with zero attached hydrogens (tertiary/aromatic N) is 2. The van der Waals surface area contributed by atoms with E-state index < -0.39 is 10.0 Å². The largest absolute Gasteiger partial charge is 0.508 e. The zero-order valence-electron chi connectivity index (χ0n) is 13.7. The van der Waals surface area contributed by atoms with Crippen molar-refractivity contribution in [3.63, 3.8) is 0 Å². The van der Waals surface area contributed by atoms with Gasteiger partial charge in [-0.05, 0) is 48.1 Å². The minimum atomic E-state index is -3.52. The normalized spacial score (nSPS) is 11.6. The number of thiocarbonyl (C=S) groups is 1. The van der Waals surface area contributed by atoms with Crippen LogP contribution in [0.15, 0.2) is 58.5 Å². The van der Waals surface area contributed by atoms with E-state index in [9.17, 15) is 13.5 Å². The summed E-state index contributed by atoms with van der Waals surface area (Å²) in [6.07, 6.45) is 1.50. The molecule has 0 aliphatic heterocycles. The van der Waals surface area contributed by atoms with Gasteiger partial charge in [0.15, 0.2) is 5.11 Å². The molecule has 132 valence electrons. The summed E-state index contributed by atoms with van der Waals surface area (Å²) >= 11 is 5.12. The Balaban J connectivity index is 2.01. The van der Waals surface area contributed by atoms with Gasteiger partial charge in [0, 0.05) is 19.8 Å². The van der Waals surface area contributed by atoms with Crippen molar-refractivity contribution in [2.24, 2.45) is 5.10 Å². The topological polar surface area (TPSA) is 94.0 Å². The third-order valence-corrected chi connectivity index (χ3v) is 5.12. The van der Waals surface area contributed by atoms with Crippen molar-refractivity contribution >= 4 is 39.3 Å². The van der Waals surface area contributed by atoms with Crippen LogP contribution in [0.5, 0.6) is 5.75 Å². The predicted octanol–water partition coefficient (Wildman–Crippen LogP) is 1.96. The molecule has 0 bridgehead atoms. The van der Waals surface area contributed by atoms with Crippen LogP contribution in [0.4, 0.5) is 5.69 Å². The van der Waals surface area contributed by atoms with Gasteiger partial charge in [-0.1, -0.05) is 18.2 Å². The van der Waals surface area contributed by atoms with Crippen LogP contribution in [0.1, 0.15) is 5.56 Å². The van der Waals surface area contributed by atoms with Gasteiger partial charge in [0.2, 0.25) is 10.0 Å². The number of phenolic OH excluding ortho intramolecular Hbond substituents is 1. The van der Waals surface area contributed by atoms with Crippen LogP contribution in [0, 0.1) is 0 Å². The molecule has 0 fully saturated rings. The smallest absolute Gasteiger partial charge is 0.242 e. The van der Waals surface area contributed by atoms with Crippen LogP contribution in [0.3, 0.4) is 0 Å². The van der Waals surface area contributed by atoms with Gasteiger partial charge >= 0.3 is 0 Å². The Morgan fingerprint density at radius 1 is 1.20 bits per heavy atom. The summed E-state index contributed by atoms with van der Waals surface area (Å²) in [7, 11) is -0.576. The maximum absolute atomic E-state index is 12.1. The Kier molecular flexibility index (Phi) is 6.07. The Labute approximate surface area is 152 Å². The first-order chi connectivity index (χ1) is 11.8. The van der Waals surface area contributed by atoms with Crippen molar-refractivity contribution in [3.8, 4) is 5.75 Å². The second-order valence-electron chi connectivity index (χ2n) is 5.23. The highest BCUT2D eigenvalue weighted by molar-refractivity contribution is 7.89. The average Bonchev–Trinajstić information content (AvgIpc) is 2.55. The zero-order chi connectivity index (χ0) is 18.4. The van der Waals surface area contributed by atoms with E-state index in [0.717, 1.165) is 4.31 Å². The highest BCUT2D eigenvalue weighted by Crippen LogP contribution is 2.17. The molecule has 0 aliphatic carbocycles. The van der Waals surface area contributed by atoms with Crippen LogP contribution < -0.4 is 10.7 Å². The van der Waals surface area contributed by atoms with Gasteiger partial charge in [0.25, 0.3) is 0 Å². The molecule has 3 N–H and O–H groups in total. The molecule has 2 rings (SSSR count). The van der Waals surface area contributed by atoms with Gasteiger partial charge < -0.3 is 10.4 Å². The lowest BCUT2D eigenvalue weighted by Gasteiger charge is -2.13. The maximum Gasteiger partial charge on any atom is 0.242 e. The number of nitrogens with one attached hydrogen (secondary N) is 2. The number of hydrazone groups is 1. The molecule has 0 saturated heterocycles. The van der Waals surface area contributed by atoms with E-state index >= 15 is 0 Å². The first kappa shape index (κ1) is 18.8. The summed E-state index contributed by atoms with van der Waals surface area (Å²) in [6, 6.07) is 12.9. The third kappa shape index (κ3) is 5.24. The van der Waals surface area contributed by atoms with Crippen molar-refractivity contribution < 1.29 is 13.5 Å². The van der Waals surface area contributed by atoms with E-state index in [0.29, 0.717) is 11.3 Å². The molecule has 9 heteroatoms. The molecular formula is C16H18N4O3S2. The minimum Gasteiger partial charge on any atom is -0.508 e. The molecule has 0 atom stereocenters. The van der Waals surface area contributed by atoms with Crippen LogP contribution in [-0.4, -0.2) is 43.3 Å². The van der Waals surface area contributed by atoms with Crippen molar-refractivity contribution in [2.45, 2.75) is 4.90 Å². The molecule has 25 heavy (non-hydrogen) atoms. The summed E-state index contributed by atoms with van der Waals surface area (Å²) in [4.78, 5) is 0.161. The molecule has 0 saturated carbocycles. The number of aromatic hydroxyl groups is 1. The standard InChI is InChI=1S/C16H18N4O3S2/c1-20(2)25(22,23)15-8-4-6-13(10-15)18-16(24)19-17-11-12-5-3-7-14(21)9-12/h3-11,21H,1-2H3,(H2,18,19,24)/b17-11-. The lowest BCUT2D eigenvalue weighted by molar-refractivity contribution is 0.475. The fourth-order valence-electron chi connectivity index (χ4n) is 1.87. The van der Waals surface area contributed by atoms with Gasteiger partial charge in [-0.2, -0.15) is 5.10 Å². The van der Waals surface area contributed by atoms with Crippen molar-refractivity contribution in [1.29, 1.82) is 0 Å². The van der Waals surface area contributed by atoms with Gasteiger partial charge in [0.05, 0.1) is 11.1 Å². The Morgan fingerprint density at radius 3 is 2.60 bits per heavy atom. The fourth-order valence-corrected chi connectivity index (χ4v) is 2.99. The van der Waals surface area contributed by atoms with Gasteiger partial charge in [-0.3, -0.25) is 5.43 Å². The highest BCUT2D eigenvalue weighted by Gasteiger charge is 2.17. The molecule has 0 amide bonds. The van der Waals surface area contributed by atoms with Crippen molar-refractivity contribution in [3.05, 3.63) is 54.1 Å². The number of phenols is 1. The third-order valence-electron chi connectivity index (χ3n) is 3.12. The molecule has 2 aromatic rings. The molecule has 0 aromatic heterocycles. The second-order valence-corrected chi connectivity index (χ2v) is 7.79. The number of benzene rings is 2. The van der Waals surface area contributed by atoms with Crippen LogP contribution in [-0.2, 0) is 10.0 Å². The highest BCUT2D eigenvalue weighted by atomic mass is 32.2. The fraction of sp³-hybridized carbons (Fsp3) is 0.125. The number of hydrogen-bond donors (Lipinski definition) is 3. The SMILES string of the molecule is CN(C)S(=O)(=O)c1cccc(NC(=S)N/N=C\c2cccc(O)c2)c1. The van der Waals surface area contributed by atoms with E-state index in [1.807, 2.05) is 0 Å². The summed E-state index contributed by atoms with van der Waals surface area (Å²) < 4.78 is 25.4. The molecule has 2 aromatic carbocycles. The Bertz CT molecular complexity index is 896. The van der Waals surface area contributed by atoms with Crippen molar-refractivity contribution in [1.82, 2.24) is 9.73 Å². The van der Waals surface area contributed by atoms with E-state index in [1.54, 1.807) is 36.4 Å². The minimum absolute atomic E-state index is 0.142. The summed E-state index contributed by atoms with van der Waals surface area (Å²) in [6.45, 7) is 0. The molecular weight excluding hydrogens is 360 g/mol. The van der Waals surface area contributed by atoms with E-state index in [-0.39, 0.29) is 15.8 Å². The van der Waals surface area contributed by atoms with Gasteiger partial charge in [-0.15, -0.1) is 0 Å². The quantitative estimate of drug-likeness (QED) is 0.418. The van der Waals surface area contributed by atoms with Gasteiger partial charge in [0.1, 0.15) is 5.75 Å². The molecule has 0 aliphatic rings. The van der Waals surface area contributed by atoms with E-state index in [4.69, 9.17) is 12.2 Å². The van der Waals surface area contributed by atoms with Crippen LogP contribution in [0.25, 0.3) is 0 Å². The lowest BCUT2D eigenvalue weighted by atomic mass is 10.2. The first-order valence-corrected chi connectivity index (χ1v) is 9.05. The molecule has 7 nitrogen and oxygen atoms in total. The van der Waals surface area contributed by atoms with E-state index in [2.05, 4.69) is 15.8 Å². The summed E-state index contributed by atoms with van der Waals surface area (Å²) in [5.74, 6) is 0.142. The zero-order valence-corrected chi connectivity index (χ0v) is 15.3. The number of sulfonamides is 1. The molecule has 0 unspecified atom stereocenters. The van der Waals surface area contributed by atoms with Gasteiger partial charge in [-0.25, -0.2) is 12.7 Å². The first-order valence-electron chi connectivity index (χ1n) is 7.21. The second kappa shape index (κ2) is 8.06. The Morgan fingerprint density at radius 2 is 1.92 bits per heavy atom. The molecule has 0 spiro atoms. The predicted molar refractivity (Wildman–Crippen MR) is 102 cm³/mol. The van der Waals surface area contributed by atoms with Crippen LogP contribution in [0.2, 0.25) is 0 Å². The molecule has 0 heterocycles. The Hall–Kier alpha value is -2.49. The monoisotopic (exact) mass is 378 g/mol. The summed E-state index contributed by atoms with van der Waals surface area (Å²) in [5.41, 5.74) is 3.85. The number of anilines is 1. The lowest BCUT2D eigenvalue weighted by Crippen LogP contribution is -2.25. The maximum atomic E-state index is 12.1. The van der Waals surface area contributed by atoms with E-state index in [1.165, 1.54) is 32.4 Å². The van der Waals surface area contributed by atoms with Crippen molar-refractivity contribution in [2.75, 3.05) is 19.4 Å². The number of hydrogen-bond acceptors (Lipinski definition) is 5. The van der Waals surface area contributed by atoms with Crippen LogP contribution >= 0.6 is 12.2 Å².